The maximum absolute atomic E-state index is 9.23. The second-order valence-corrected chi connectivity index (χ2v) is 3.51. The molecule has 2 aromatic rings. The first kappa shape index (κ1) is 10.8. The Morgan fingerprint density at radius 2 is 2.06 bits per heavy atom. The first-order valence-electron chi connectivity index (χ1n) is 4.79. The van der Waals surface area contributed by atoms with Crippen LogP contribution >= 0.6 is 0 Å². The Labute approximate surface area is 92.9 Å². The second kappa shape index (κ2) is 4.07. The molecule has 0 aliphatic carbocycles. The molecule has 16 heavy (non-hydrogen) atoms. The average molecular weight is 218 g/mol. The molecule has 0 atom stereocenters. The van der Waals surface area contributed by atoms with Crippen molar-refractivity contribution >= 4 is 23.6 Å². The second-order valence-electron chi connectivity index (χ2n) is 3.51. The molecule has 0 aliphatic heterocycles. The maximum Gasteiger partial charge on any atom is 0.490 e. The molecule has 0 aliphatic rings. The van der Waals surface area contributed by atoms with Crippen LogP contribution in [0.25, 0.3) is 11.0 Å². The van der Waals surface area contributed by atoms with Crippen molar-refractivity contribution in [2.75, 3.05) is 7.11 Å². The fourth-order valence-electron chi connectivity index (χ4n) is 1.58. The third-order valence-electron chi connectivity index (χ3n) is 2.29. The number of hydrogen-bond donors (Lipinski definition) is 2. The highest BCUT2D eigenvalue weighted by Crippen LogP contribution is 2.13. The minimum atomic E-state index is -1.55. The Balaban J connectivity index is 2.73. The number of fused-ring (bicyclic) bond motifs is 1. The highest BCUT2D eigenvalue weighted by molar-refractivity contribution is 6.61. The Morgan fingerprint density at radius 3 is 2.69 bits per heavy atom. The van der Waals surface area contributed by atoms with Gasteiger partial charge in [-0.3, -0.25) is 0 Å². The van der Waals surface area contributed by atoms with E-state index in [4.69, 9.17) is 4.74 Å². The van der Waals surface area contributed by atoms with Gasteiger partial charge in [0, 0.05) is 5.46 Å². The number of ether oxygens (including phenoxy) is 1. The molecule has 1 aromatic heterocycles. The van der Waals surface area contributed by atoms with Crippen molar-refractivity contribution in [1.82, 2.24) is 9.97 Å². The summed E-state index contributed by atoms with van der Waals surface area (Å²) in [7, 11) is -0.0435. The minimum absolute atomic E-state index is 0.352. The SMILES string of the molecule is COc1cnc2c(B(O)O)cc(C)cc2n1. The lowest BCUT2D eigenvalue weighted by molar-refractivity contribution is 0.397. The van der Waals surface area contributed by atoms with Crippen molar-refractivity contribution in [2.45, 2.75) is 6.92 Å². The molecule has 6 heteroatoms. The number of rotatable bonds is 2. The van der Waals surface area contributed by atoms with E-state index >= 15 is 0 Å². The highest BCUT2D eigenvalue weighted by atomic mass is 16.5. The predicted molar refractivity (Wildman–Crippen MR) is 60.7 cm³/mol. The van der Waals surface area contributed by atoms with E-state index < -0.39 is 7.12 Å². The van der Waals surface area contributed by atoms with Gasteiger partial charge in [-0.25, -0.2) is 9.97 Å². The number of hydrogen-bond acceptors (Lipinski definition) is 5. The van der Waals surface area contributed by atoms with Gasteiger partial charge < -0.3 is 14.8 Å². The summed E-state index contributed by atoms with van der Waals surface area (Å²) in [5.74, 6) is 0.400. The van der Waals surface area contributed by atoms with E-state index in [1.165, 1.54) is 13.3 Å². The first-order chi connectivity index (χ1) is 7.61. The molecule has 82 valence electrons. The molecule has 0 amide bonds. The van der Waals surface area contributed by atoms with E-state index in [1.54, 1.807) is 6.07 Å². The molecular formula is C10H11BN2O3. The molecule has 0 radical (unpaired) electrons. The Bertz CT molecular complexity index is 531. The van der Waals surface area contributed by atoms with Crippen molar-refractivity contribution < 1.29 is 14.8 Å². The summed E-state index contributed by atoms with van der Waals surface area (Å²) >= 11 is 0. The summed E-state index contributed by atoms with van der Waals surface area (Å²) in [6, 6.07) is 3.49. The molecule has 0 bridgehead atoms. The van der Waals surface area contributed by atoms with Crippen LogP contribution < -0.4 is 10.2 Å². The van der Waals surface area contributed by atoms with Crippen LogP contribution in [-0.4, -0.2) is 34.2 Å². The summed E-state index contributed by atoms with van der Waals surface area (Å²) in [4.78, 5) is 8.30. The van der Waals surface area contributed by atoms with Crippen molar-refractivity contribution in [3.8, 4) is 5.88 Å². The normalized spacial score (nSPS) is 10.5. The smallest absolute Gasteiger partial charge is 0.480 e. The molecule has 5 nitrogen and oxygen atoms in total. The summed E-state index contributed by atoms with van der Waals surface area (Å²) in [6.07, 6.45) is 1.45. The zero-order valence-corrected chi connectivity index (χ0v) is 9.01. The highest BCUT2D eigenvalue weighted by Gasteiger charge is 2.17. The van der Waals surface area contributed by atoms with Crippen molar-refractivity contribution in [3.05, 3.63) is 23.9 Å². The Kier molecular flexibility index (Phi) is 2.76. The van der Waals surface area contributed by atoms with Crippen molar-refractivity contribution in [1.29, 1.82) is 0 Å². The predicted octanol–water partition coefficient (Wildman–Crippen LogP) is -0.373. The molecular weight excluding hydrogens is 207 g/mol. The fourth-order valence-corrected chi connectivity index (χ4v) is 1.58. The topological polar surface area (TPSA) is 75.5 Å². The zero-order valence-electron chi connectivity index (χ0n) is 9.01. The van der Waals surface area contributed by atoms with Gasteiger partial charge in [-0.1, -0.05) is 6.07 Å². The van der Waals surface area contributed by atoms with Crippen LogP contribution in [0.15, 0.2) is 18.3 Å². The van der Waals surface area contributed by atoms with Crippen LogP contribution in [0.4, 0.5) is 0 Å². The molecule has 0 spiro atoms. The monoisotopic (exact) mass is 218 g/mol. The third-order valence-corrected chi connectivity index (χ3v) is 2.29. The number of nitrogens with zero attached hydrogens (tertiary/aromatic N) is 2. The number of aryl methyl sites for hydroxylation is 1. The van der Waals surface area contributed by atoms with Crippen LogP contribution in [0.2, 0.25) is 0 Å². The zero-order chi connectivity index (χ0) is 11.7. The lowest BCUT2D eigenvalue weighted by atomic mass is 9.78. The van der Waals surface area contributed by atoms with Crippen molar-refractivity contribution in [2.24, 2.45) is 0 Å². The van der Waals surface area contributed by atoms with Gasteiger partial charge in [-0.15, -0.1) is 0 Å². The van der Waals surface area contributed by atoms with Crippen LogP contribution in [0.3, 0.4) is 0 Å². The lowest BCUT2D eigenvalue weighted by Gasteiger charge is -2.07. The summed E-state index contributed by atoms with van der Waals surface area (Å²) in [5.41, 5.74) is 2.30. The van der Waals surface area contributed by atoms with E-state index in [0.29, 0.717) is 22.4 Å². The van der Waals surface area contributed by atoms with Crippen LogP contribution in [-0.2, 0) is 0 Å². The number of aromatic nitrogens is 2. The molecule has 1 heterocycles. The molecule has 1 aromatic carbocycles. The first-order valence-corrected chi connectivity index (χ1v) is 4.79. The van der Waals surface area contributed by atoms with Gasteiger partial charge in [0.05, 0.1) is 24.3 Å². The van der Waals surface area contributed by atoms with Crippen molar-refractivity contribution in [3.63, 3.8) is 0 Å². The Hall–Kier alpha value is -1.66. The van der Waals surface area contributed by atoms with E-state index in [2.05, 4.69) is 9.97 Å². The van der Waals surface area contributed by atoms with Gasteiger partial charge in [0.1, 0.15) is 0 Å². The van der Waals surface area contributed by atoms with Gasteiger partial charge in [0.2, 0.25) is 5.88 Å². The van der Waals surface area contributed by atoms with Crippen LogP contribution in [0.1, 0.15) is 5.56 Å². The summed E-state index contributed by atoms with van der Waals surface area (Å²) in [5, 5.41) is 18.5. The van der Waals surface area contributed by atoms with Gasteiger partial charge in [0.15, 0.2) is 0 Å². The molecule has 0 unspecified atom stereocenters. The molecule has 0 fully saturated rings. The van der Waals surface area contributed by atoms with Crippen LogP contribution in [0.5, 0.6) is 5.88 Å². The molecule has 0 saturated carbocycles. The van der Waals surface area contributed by atoms with Crippen LogP contribution in [0, 0.1) is 6.92 Å². The third kappa shape index (κ3) is 1.85. The van der Waals surface area contributed by atoms with Gasteiger partial charge in [-0.05, 0) is 18.6 Å². The lowest BCUT2D eigenvalue weighted by Crippen LogP contribution is -2.31. The van der Waals surface area contributed by atoms with E-state index in [-0.39, 0.29) is 0 Å². The van der Waals surface area contributed by atoms with E-state index in [0.717, 1.165) is 5.56 Å². The van der Waals surface area contributed by atoms with Gasteiger partial charge in [0.25, 0.3) is 0 Å². The van der Waals surface area contributed by atoms with Gasteiger partial charge in [-0.2, -0.15) is 0 Å². The Morgan fingerprint density at radius 1 is 1.31 bits per heavy atom. The molecule has 2 N–H and O–H groups in total. The maximum atomic E-state index is 9.23. The molecule has 0 saturated heterocycles. The van der Waals surface area contributed by atoms with E-state index in [1.807, 2.05) is 13.0 Å². The standard InChI is InChI=1S/C10H11BN2O3/c1-6-3-7(11(14)15)10-8(4-6)13-9(16-2)5-12-10/h3-5,14-15H,1-2H3. The summed E-state index contributed by atoms with van der Waals surface area (Å²) in [6.45, 7) is 1.85. The van der Waals surface area contributed by atoms with Gasteiger partial charge >= 0.3 is 7.12 Å². The fraction of sp³-hybridized carbons (Fsp3) is 0.200. The summed E-state index contributed by atoms with van der Waals surface area (Å²) < 4.78 is 4.96. The number of methoxy groups -OCH3 is 1. The largest absolute Gasteiger partial charge is 0.490 e. The average Bonchev–Trinajstić information content (AvgIpc) is 2.26. The number of benzene rings is 1. The quantitative estimate of drug-likeness (QED) is 0.672. The minimum Gasteiger partial charge on any atom is -0.480 e. The van der Waals surface area contributed by atoms with E-state index in [9.17, 15) is 10.0 Å². The molecule has 2 rings (SSSR count).